The van der Waals surface area contributed by atoms with Crippen molar-refractivity contribution in [2.45, 2.75) is 24.7 Å². The molecule has 1 nitrogen and oxygen atoms in total. The number of nitrogens with one attached hydrogen (secondary N) is 1. The lowest BCUT2D eigenvalue weighted by atomic mass is 9.95. The van der Waals surface area contributed by atoms with E-state index in [0.717, 1.165) is 5.92 Å². The van der Waals surface area contributed by atoms with Gasteiger partial charge in [0, 0.05) is 9.89 Å². The van der Waals surface area contributed by atoms with Crippen molar-refractivity contribution >= 4 is 15.9 Å². The standard InChI is InChI=1S/C13H16BrN/c1-15-8-10-7-13(10)5-4-9-6-11(14)2-3-12(9)13/h2-3,6,10,15H,4-5,7-8H2,1H3. The summed E-state index contributed by atoms with van der Waals surface area (Å²) in [6, 6.07) is 6.83. The second-order valence-electron chi connectivity index (χ2n) is 4.92. The van der Waals surface area contributed by atoms with Crippen molar-refractivity contribution in [3.63, 3.8) is 0 Å². The minimum Gasteiger partial charge on any atom is -0.319 e. The molecule has 0 bridgehead atoms. The maximum absolute atomic E-state index is 3.56. The smallest absolute Gasteiger partial charge is 0.0178 e. The molecule has 1 aromatic carbocycles. The van der Waals surface area contributed by atoms with Gasteiger partial charge in [0.1, 0.15) is 0 Å². The molecule has 2 unspecified atom stereocenters. The number of halogens is 1. The summed E-state index contributed by atoms with van der Waals surface area (Å²) in [5.41, 5.74) is 3.76. The Morgan fingerprint density at radius 1 is 1.53 bits per heavy atom. The first-order valence-corrected chi connectivity index (χ1v) is 6.49. The average Bonchev–Trinajstić information content (AvgIpc) is 2.78. The van der Waals surface area contributed by atoms with Crippen molar-refractivity contribution < 1.29 is 0 Å². The molecule has 1 aromatic rings. The molecular formula is C13H16BrN. The van der Waals surface area contributed by atoms with Crippen molar-refractivity contribution in [1.82, 2.24) is 5.32 Å². The normalized spacial score (nSPS) is 32.0. The third-order valence-corrected chi connectivity index (χ3v) is 4.62. The largest absolute Gasteiger partial charge is 0.319 e. The number of fused-ring (bicyclic) bond motifs is 2. The van der Waals surface area contributed by atoms with Gasteiger partial charge in [-0.2, -0.15) is 0 Å². The molecule has 2 heteroatoms. The summed E-state index contributed by atoms with van der Waals surface area (Å²) in [6.45, 7) is 1.18. The topological polar surface area (TPSA) is 12.0 Å². The lowest BCUT2D eigenvalue weighted by Crippen LogP contribution is -2.16. The van der Waals surface area contributed by atoms with Gasteiger partial charge in [0.25, 0.3) is 0 Å². The second-order valence-corrected chi connectivity index (χ2v) is 5.83. The highest BCUT2D eigenvalue weighted by Crippen LogP contribution is 2.61. The Morgan fingerprint density at radius 3 is 3.20 bits per heavy atom. The zero-order valence-electron chi connectivity index (χ0n) is 9.02. The quantitative estimate of drug-likeness (QED) is 0.868. The van der Waals surface area contributed by atoms with Crippen LogP contribution in [-0.4, -0.2) is 13.6 Å². The molecule has 3 rings (SSSR count). The van der Waals surface area contributed by atoms with E-state index in [1.54, 1.807) is 11.1 Å². The monoisotopic (exact) mass is 265 g/mol. The first kappa shape index (κ1) is 9.86. The minimum atomic E-state index is 0.555. The summed E-state index contributed by atoms with van der Waals surface area (Å²) in [7, 11) is 2.06. The Balaban J connectivity index is 1.93. The van der Waals surface area contributed by atoms with Gasteiger partial charge < -0.3 is 5.32 Å². The van der Waals surface area contributed by atoms with E-state index >= 15 is 0 Å². The van der Waals surface area contributed by atoms with Gasteiger partial charge in [0.2, 0.25) is 0 Å². The van der Waals surface area contributed by atoms with Crippen LogP contribution >= 0.6 is 15.9 Å². The van der Waals surface area contributed by atoms with Gasteiger partial charge in [-0.3, -0.25) is 0 Å². The number of aryl methyl sites for hydroxylation is 1. The van der Waals surface area contributed by atoms with Gasteiger partial charge in [-0.15, -0.1) is 0 Å². The molecule has 1 spiro atoms. The fourth-order valence-corrected chi connectivity index (χ4v) is 3.69. The van der Waals surface area contributed by atoms with Gasteiger partial charge in [0.15, 0.2) is 0 Å². The number of hydrogen-bond acceptors (Lipinski definition) is 1. The van der Waals surface area contributed by atoms with Crippen molar-refractivity contribution in [3.8, 4) is 0 Å². The lowest BCUT2D eigenvalue weighted by molar-refractivity contribution is 0.572. The fourth-order valence-electron chi connectivity index (χ4n) is 3.28. The maximum atomic E-state index is 3.56. The Hall–Kier alpha value is -0.340. The molecule has 0 heterocycles. The van der Waals surface area contributed by atoms with Gasteiger partial charge in [-0.25, -0.2) is 0 Å². The molecule has 1 saturated carbocycles. The molecule has 0 saturated heterocycles. The highest BCUT2D eigenvalue weighted by Gasteiger charge is 2.57. The van der Waals surface area contributed by atoms with Crippen molar-refractivity contribution in [3.05, 3.63) is 33.8 Å². The lowest BCUT2D eigenvalue weighted by Gasteiger charge is -2.11. The zero-order valence-corrected chi connectivity index (χ0v) is 10.6. The Morgan fingerprint density at radius 2 is 2.40 bits per heavy atom. The SMILES string of the molecule is CNCC1CC12CCc1cc(Br)ccc12. The summed E-state index contributed by atoms with van der Waals surface area (Å²) in [6.07, 6.45) is 4.03. The van der Waals surface area contributed by atoms with Gasteiger partial charge in [-0.05, 0) is 62.0 Å². The van der Waals surface area contributed by atoms with E-state index in [2.05, 4.69) is 46.5 Å². The summed E-state index contributed by atoms with van der Waals surface area (Å²) < 4.78 is 1.23. The molecule has 1 N–H and O–H groups in total. The number of hydrogen-bond donors (Lipinski definition) is 1. The predicted octanol–water partition coefficient (Wildman–Crippen LogP) is 2.87. The van der Waals surface area contributed by atoms with Crippen LogP contribution in [0.25, 0.3) is 0 Å². The van der Waals surface area contributed by atoms with E-state index < -0.39 is 0 Å². The molecule has 2 atom stereocenters. The molecule has 2 aliphatic rings. The fraction of sp³-hybridized carbons (Fsp3) is 0.538. The van der Waals surface area contributed by atoms with E-state index in [4.69, 9.17) is 0 Å². The minimum absolute atomic E-state index is 0.555. The molecule has 0 aromatic heterocycles. The highest BCUT2D eigenvalue weighted by molar-refractivity contribution is 9.10. The summed E-state index contributed by atoms with van der Waals surface area (Å²) >= 11 is 3.56. The van der Waals surface area contributed by atoms with E-state index in [9.17, 15) is 0 Å². The van der Waals surface area contributed by atoms with Crippen LogP contribution in [0.2, 0.25) is 0 Å². The van der Waals surface area contributed by atoms with Gasteiger partial charge >= 0.3 is 0 Å². The van der Waals surface area contributed by atoms with E-state index in [1.165, 1.54) is 30.3 Å². The van der Waals surface area contributed by atoms with Crippen LogP contribution in [0.15, 0.2) is 22.7 Å². The Kier molecular flexibility index (Phi) is 2.18. The van der Waals surface area contributed by atoms with Crippen molar-refractivity contribution in [2.75, 3.05) is 13.6 Å². The molecule has 80 valence electrons. The molecule has 2 aliphatic carbocycles. The maximum Gasteiger partial charge on any atom is 0.0178 e. The number of rotatable bonds is 2. The predicted molar refractivity (Wildman–Crippen MR) is 66.2 cm³/mol. The van der Waals surface area contributed by atoms with Crippen LogP contribution in [0.4, 0.5) is 0 Å². The third kappa shape index (κ3) is 1.38. The molecule has 1 fully saturated rings. The summed E-state index contributed by atoms with van der Waals surface area (Å²) in [4.78, 5) is 0. The first-order chi connectivity index (χ1) is 7.26. The summed E-state index contributed by atoms with van der Waals surface area (Å²) in [5.74, 6) is 0.880. The van der Waals surface area contributed by atoms with Crippen LogP contribution in [-0.2, 0) is 11.8 Å². The third-order valence-electron chi connectivity index (χ3n) is 4.13. The Bertz CT molecular complexity index is 402. The molecular weight excluding hydrogens is 250 g/mol. The molecule has 15 heavy (non-hydrogen) atoms. The number of benzene rings is 1. The van der Waals surface area contributed by atoms with Crippen LogP contribution in [0.5, 0.6) is 0 Å². The van der Waals surface area contributed by atoms with Crippen molar-refractivity contribution in [1.29, 1.82) is 0 Å². The van der Waals surface area contributed by atoms with E-state index in [1.807, 2.05) is 0 Å². The van der Waals surface area contributed by atoms with Crippen molar-refractivity contribution in [2.24, 2.45) is 5.92 Å². The van der Waals surface area contributed by atoms with E-state index in [0.29, 0.717) is 5.41 Å². The molecule has 0 aliphatic heterocycles. The zero-order chi connectivity index (χ0) is 10.5. The van der Waals surface area contributed by atoms with Crippen LogP contribution < -0.4 is 5.32 Å². The van der Waals surface area contributed by atoms with Crippen LogP contribution in [0.3, 0.4) is 0 Å². The van der Waals surface area contributed by atoms with Crippen LogP contribution in [0.1, 0.15) is 24.0 Å². The molecule has 0 amide bonds. The highest BCUT2D eigenvalue weighted by atomic mass is 79.9. The van der Waals surface area contributed by atoms with Gasteiger partial charge in [0.05, 0.1) is 0 Å². The molecule has 0 radical (unpaired) electrons. The van der Waals surface area contributed by atoms with E-state index in [-0.39, 0.29) is 0 Å². The first-order valence-electron chi connectivity index (χ1n) is 5.70. The summed E-state index contributed by atoms with van der Waals surface area (Å²) in [5, 5.41) is 3.31. The van der Waals surface area contributed by atoms with Crippen LogP contribution in [0, 0.1) is 5.92 Å². The second kappa shape index (κ2) is 3.33. The Labute approximate surface area is 99.4 Å². The van der Waals surface area contributed by atoms with Gasteiger partial charge in [-0.1, -0.05) is 22.0 Å². The average molecular weight is 266 g/mol.